The number of hydrogen-bond acceptors (Lipinski definition) is 4. The van der Waals surface area contributed by atoms with E-state index < -0.39 is 10.7 Å². The van der Waals surface area contributed by atoms with Crippen molar-refractivity contribution in [3.63, 3.8) is 0 Å². The molecule has 170 valence electrons. The Morgan fingerprint density at radius 1 is 1.18 bits per heavy atom. The molecule has 33 heavy (non-hydrogen) atoms. The number of carbonyl (C=O) groups excluding carboxylic acids is 1. The number of hydrogen-bond donors (Lipinski definition) is 4. The van der Waals surface area contributed by atoms with Crippen LogP contribution in [0.5, 0.6) is 0 Å². The van der Waals surface area contributed by atoms with Gasteiger partial charge >= 0.3 is 0 Å². The van der Waals surface area contributed by atoms with E-state index in [0.717, 1.165) is 47.8 Å². The van der Waals surface area contributed by atoms with Gasteiger partial charge < -0.3 is 26.2 Å². The van der Waals surface area contributed by atoms with Crippen molar-refractivity contribution in [2.45, 2.75) is 37.9 Å². The molecule has 2 heterocycles. The lowest BCUT2D eigenvalue weighted by molar-refractivity contribution is -0.125. The maximum Gasteiger partial charge on any atom is 0.279 e. The number of nitrogen functional groups attached to an aromatic ring is 1. The SMILES string of the molecule is N=C(N)c1ccc2c(c1)[N+]([O-])(Cc1cccc3ccccc13)C(C(=O)N[C@H]1CCCNC1)C2. The van der Waals surface area contributed by atoms with Crippen molar-refractivity contribution in [3.8, 4) is 0 Å². The fraction of sp³-hybridized carbons (Fsp3) is 0.308. The van der Waals surface area contributed by atoms with E-state index in [2.05, 4.69) is 10.6 Å². The van der Waals surface area contributed by atoms with Crippen LogP contribution in [0.1, 0.15) is 29.5 Å². The van der Waals surface area contributed by atoms with E-state index >= 15 is 0 Å². The highest BCUT2D eigenvalue weighted by molar-refractivity contribution is 5.97. The van der Waals surface area contributed by atoms with Gasteiger partial charge in [0.2, 0.25) is 0 Å². The van der Waals surface area contributed by atoms with Crippen LogP contribution in [-0.2, 0) is 17.8 Å². The summed E-state index contributed by atoms with van der Waals surface area (Å²) in [7, 11) is 0. The van der Waals surface area contributed by atoms with Gasteiger partial charge in [0.15, 0.2) is 6.04 Å². The van der Waals surface area contributed by atoms with Crippen molar-refractivity contribution in [1.29, 1.82) is 5.41 Å². The monoisotopic (exact) mass is 443 g/mol. The van der Waals surface area contributed by atoms with Crippen LogP contribution in [0.2, 0.25) is 0 Å². The Bertz CT molecular complexity index is 1220. The lowest BCUT2D eigenvalue weighted by Gasteiger charge is -2.44. The summed E-state index contributed by atoms with van der Waals surface area (Å²) in [4.78, 5) is 13.4. The van der Waals surface area contributed by atoms with Crippen molar-refractivity contribution in [3.05, 3.63) is 82.6 Å². The third-order valence-electron chi connectivity index (χ3n) is 6.95. The Balaban J connectivity index is 1.55. The Kier molecular flexibility index (Phi) is 5.62. The lowest BCUT2D eigenvalue weighted by Crippen LogP contribution is -2.58. The van der Waals surface area contributed by atoms with E-state index in [0.29, 0.717) is 17.7 Å². The molecule has 0 aromatic heterocycles. The molecule has 0 bridgehead atoms. The van der Waals surface area contributed by atoms with Crippen LogP contribution in [-0.4, -0.2) is 36.9 Å². The van der Waals surface area contributed by atoms with E-state index in [1.54, 1.807) is 12.1 Å². The summed E-state index contributed by atoms with van der Waals surface area (Å²) in [5.74, 6) is -0.296. The molecule has 0 aliphatic carbocycles. The summed E-state index contributed by atoms with van der Waals surface area (Å²) < 4.78 is -0.781. The summed E-state index contributed by atoms with van der Waals surface area (Å²) in [5, 5.41) is 31.0. The molecule has 2 aliphatic rings. The van der Waals surface area contributed by atoms with Gasteiger partial charge in [0.1, 0.15) is 18.1 Å². The molecule has 2 unspecified atom stereocenters. The van der Waals surface area contributed by atoms with Crippen LogP contribution in [0, 0.1) is 10.6 Å². The topological polar surface area (TPSA) is 114 Å². The first-order chi connectivity index (χ1) is 16.0. The molecular formula is C26H29N5O2. The number of rotatable bonds is 5. The smallest absolute Gasteiger partial charge is 0.279 e. The van der Waals surface area contributed by atoms with E-state index in [9.17, 15) is 10.0 Å². The van der Waals surface area contributed by atoms with Crippen LogP contribution < -0.4 is 21.0 Å². The van der Waals surface area contributed by atoms with Crippen LogP contribution in [0.25, 0.3) is 10.8 Å². The van der Waals surface area contributed by atoms with Gasteiger partial charge in [-0.05, 0) is 30.2 Å². The zero-order valence-corrected chi connectivity index (χ0v) is 18.5. The maximum atomic E-state index is 14.7. The minimum atomic E-state index is -0.789. The van der Waals surface area contributed by atoms with E-state index in [4.69, 9.17) is 11.1 Å². The number of amides is 1. The van der Waals surface area contributed by atoms with Gasteiger partial charge in [-0.3, -0.25) is 10.2 Å². The van der Waals surface area contributed by atoms with E-state index in [1.165, 1.54) is 0 Å². The average molecular weight is 444 g/mol. The largest absolute Gasteiger partial charge is 0.627 e. The number of piperidine rings is 1. The molecule has 3 aromatic rings. The molecule has 5 rings (SSSR count). The summed E-state index contributed by atoms with van der Waals surface area (Å²) in [6.07, 6.45) is 2.29. The molecule has 7 heteroatoms. The average Bonchev–Trinajstić information content (AvgIpc) is 3.12. The number of nitrogens with one attached hydrogen (secondary N) is 3. The minimum Gasteiger partial charge on any atom is -0.627 e. The first kappa shape index (κ1) is 21.6. The van der Waals surface area contributed by atoms with Gasteiger partial charge in [0.05, 0.1) is 0 Å². The number of amidine groups is 1. The molecule has 1 amide bonds. The number of nitrogens with zero attached hydrogens (tertiary/aromatic N) is 1. The number of fused-ring (bicyclic) bond motifs is 2. The van der Waals surface area contributed by atoms with Crippen molar-refractivity contribution in [2.75, 3.05) is 13.1 Å². The van der Waals surface area contributed by atoms with Crippen molar-refractivity contribution in [1.82, 2.24) is 15.3 Å². The molecule has 0 saturated carbocycles. The predicted molar refractivity (Wildman–Crippen MR) is 132 cm³/mol. The second kappa shape index (κ2) is 8.59. The van der Waals surface area contributed by atoms with Crippen LogP contribution in [0.3, 0.4) is 0 Å². The molecule has 7 nitrogen and oxygen atoms in total. The number of quaternary nitrogens is 1. The zero-order valence-electron chi connectivity index (χ0n) is 18.5. The van der Waals surface area contributed by atoms with Gasteiger partial charge in [0.25, 0.3) is 5.91 Å². The minimum absolute atomic E-state index is 0.0359. The molecule has 5 N–H and O–H groups in total. The van der Waals surface area contributed by atoms with Gasteiger partial charge in [-0.1, -0.05) is 54.6 Å². The third kappa shape index (κ3) is 3.99. The molecule has 1 fully saturated rings. The zero-order chi connectivity index (χ0) is 23.0. The summed E-state index contributed by atoms with van der Waals surface area (Å²) in [5.41, 5.74) is 8.51. The van der Waals surface area contributed by atoms with Crippen LogP contribution >= 0.6 is 0 Å². The number of hydroxylamine groups is 2. The fourth-order valence-corrected chi connectivity index (χ4v) is 5.21. The first-order valence-electron chi connectivity index (χ1n) is 11.5. The number of nitrogens with two attached hydrogens (primary N) is 1. The van der Waals surface area contributed by atoms with Gasteiger partial charge in [-0.25, -0.2) is 0 Å². The van der Waals surface area contributed by atoms with E-state index in [1.807, 2.05) is 48.5 Å². The van der Waals surface area contributed by atoms with Gasteiger partial charge in [0, 0.05) is 41.8 Å². The Hall–Kier alpha value is -3.26. The van der Waals surface area contributed by atoms with Gasteiger partial charge in [-0.15, -0.1) is 0 Å². The standard InChI is InChI=1S/C26H29N5O2/c27-25(28)19-11-10-18-13-24(26(32)30-21-8-4-12-29-15-21)31(33,23(18)14-19)16-20-7-3-6-17-5-1-2-9-22(17)20/h1-3,5-7,9-11,14,21,24,29H,4,8,12-13,15-16H2,(H3,27,28)(H,30,32)/t21-,24?,31?/m0/s1. The number of carbonyl (C=O) groups is 1. The van der Waals surface area contributed by atoms with Crippen molar-refractivity contribution in [2.24, 2.45) is 5.73 Å². The molecule has 1 saturated heterocycles. The molecule has 2 aliphatic heterocycles. The van der Waals surface area contributed by atoms with Crippen LogP contribution in [0.15, 0.2) is 60.7 Å². The van der Waals surface area contributed by atoms with Gasteiger partial charge in [-0.2, -0.15) is 0 Å². The maximum absolute atomic E-state index is 14.7. The summed E-state index contributed by atoms with van der Waals surface area (Å²) >= 11 is 0. The normalized spacial score (nSPS) is 24.4. The lowest BCUT2D eigenvalue weighted by atomic mass is 10.0. The third-order valence-corrected chi connectivity index (χ3v) is 6.95. The van der Waals surface area contributed by atoms with E-state index in [-0.39, 0.29) is 24.3 Å². The highest BCUT2D eigenvalue weighted by Crippen LogP contribution is 2.41. The second-order valence-electron chi connectivity index (χ2n) is 9.12. The Labute approximate surface area is 193 Å². The fourth-order valence-electron chi connectivity index (χ4n) is 5.21. The molecule has 0 radical (unpaired) electrons. The number of benzene rings is 3. The van der Waals surface area contributed by atoms with Crippen molar-refractivity contribution >= 4 is 28.2 Å². The van der Waals surface area contributed by atoms with Crippen molar-refractivity contribution < 1.29 is 4.79 Å². The first-order valence-corrected chi connectivity index (χ1v) is 11.5. The highest BCUT2D eigenvalue weighted by Gasteiger charge is 2.46. The second-order valence-corrected chi connectivity index (χ2v) is 9.12. The Morgan fingerprint density at radius 2 is 2.00 bits per heavy atom. The molecule has 0 spiro atoms. The summed E-state index contributed by atoms with van der Waals surface area (Å²) in [6, 6.07) is 18.5. The highest BCUT2D eigenvalue weighted by atomic mass is 16.6. The molecule has 3 atom stereocenters. The Morgan fingerprint density at radius 3 is 2.79 bits per heavy atom. The van der Waals surface area contributed by atoms with Crippen LogP contribution in [0.4, 0.5) is 5.69 Å². The summed E-state index contributed by atoms with van der Waals surface area (Å²) in [6.45, 7) is 1.82. The molecular weight excluding hydrogens is 414 g/mol. The molecule has 3 aromatic carbocycles. The quantitative estimate of drug-likeness (QED) is 0.210. The predicted octanol–water partition coefficient (Wildman–Crippen LogP) is 2.92.